The molecule has 0 aliphatic heterocycles. The van der Waals surface area contributed by atoms with Crippen molar-refractivity contribution in [3.05, 3.63) is 22.3 Å². The average molecular weight is 272 g/mol. The molecule has 3 heteroatoms. The number of pyridine rings is 1. The average Bonchev–Trinajstić information content (AvgIpc) is 2.07. The molecule has 0 saturated heterocycles. The lowest BCUT2D eigenvalue weighted by Crippen LogP contribution is -2.11. The van der Waals surface area contributed by atoms with E-state index in [0.29, 0.717) is 5.41 Å². The quantitative estimate of drug-likeness (QED) is 0.830. The Morgan fingerprint density at radius 1 is 1.40 bits per heavy atom. The van der Waals surface area contributed by atoms with Crippen molar-refractivity contribution in [1.82, 2.24) is 4.98 Å². The highest BCUT2D eigenvalue weighted by Gasteiger charge is 2.10. The van der Waals surface area contributed by atoms with Crippen molar-refractivity contribution < 1.29 is 4.74 Å². The van der Waals surface area contributed by atoms with Crippen molar-refractivity contribution in [3.63, 3.8) is 0 Å². The summed E-state index contributed by atoms with van der Waals surface area (Å²) in [6.45, 7) is 9.35. The van der Waals surface area contributed by atoms with Gasteiger partial charge in [-0.05, 0) is 40.8 Å². The molecule has 1 aromatic rings. The van der Waals surface area contributed by atoms with Crippen molar-refractivity contribution in [2.24, 2.45) is 5.41 Å². The van der Waals surface area contributed by atoms with Gasteiger partial charge in [-0.2, -0.15) is 0 Å². The summed E-state index contributed by atoms with van der Waals surface area (Å²) in [7, 11) is 0. The van der Waals surface area contributed by atoms with Gasteiger partial charge < -0.3 is 4.74 Å². The lowest BCUT2D eigenvalue weighted by molar-refractivity contribution is 0.235. The Morgan fingerprint density at radius 3 is 2.60 bits per heavy atom. The van der Waals surface area contributed by atoms with Gasteiger partial charge >= 0.3 is 0 Å². The Morgan fingerprint density at radius 2 is 2.07 bits per heavy atom. The Kier molecular flexibility index (Phi) is 4.14. The number of hydrogen-bond donors (Lipinski definition) is 0. The minimum absolute atomic E-state index is 0.309. The van der Waals surface area contributed by atoms with Gasteiger partial charge in [0, 0.05) is 16.2 Å². The van der Waals surface area contributed by atoms with Crippen molar-refractivity contribution in [3.8, 4) is 5.88 Å². The van der Waals surface area contributed by atoms with Gasteiger partial charge in [0.25, 0.3) is 0 Å². The smallest absolute Gasteiger partial charge is 0.216 e. The van der Waals surface area contributed by atoms with Crippen molar-refractivity contribution in [2.45, 2.75) is 34.1 Å². The number of aromatic nitrogens is 1. The molecule has 0 bridgehead atoms. The second-order valence-electron chi connectivity index (χ2n) is 4.93. The molecular weight excluding hydrogens is 254 g/mol. The van der Waals surface area contributed by atoms with Crippen LogP contribution >= 0.6 is 15.9 Å². The van der Waals surface area contributed by atoms with E-state index >= 15 is 0 Å². The number of nitrogens with zero attached hydrogens (tertiary/aromatic N) is 1. The Hall–Kier alpha value is -0.570. The van der Waals surface area contributed by atoms with Gasteiger partial charge in [0.2, 0.25) is 5.88 Å². The summed E-state index contributed by atoms with van der Waals surface area (Å²) in [6, 6.07) is 2.01. The molecule has 0 aromatic carbocycles. The molecule has 0 radical (unpaired) electrons. The highest BCUT2D eigenvalue weighted by molar-refractivity contribution is 9.10. The minimum Gasteiger partial charge on any atom is -0.477 e. The van der Waals surface area contributed by atoms with Gasteiger partial charge in [-0.3, -0.25) is 0 Å². The number of hydrogen-bond acceptors (Lipinski definition) is 2. The van der Waals surface area contributed by atoms with Gasteiger partial charge in [-0.15, -0.1) is 0 Å². The van der Waals surface area contributed by atoms with E-state index < -0.39 is 0 Å². The normalized spacial score (nSPS) is 11.5. The van der Waals surface area contributed by atoms with Crippen LogP contribution in [0, 0.1) is 12.3 Å². The Labute approximate surface area is 100 Å². The van der Waals surface area contributed by atoms with Gasteiger partial charge in [0.05, 0.1) is 6.61 Å². The summed E-state index contributed by atoms with van der Waals surface area (Å²) in [4.78, 5) is 4.23. The van der Waals surface area contributed by atoms with E-state index in [1.165, 1.54) is 0 Å². The van der Waals surface area contributed by atoms with E-state index in [1.54, 1.807) is 6.20 Å². The van der Waals surface area contributed by atoms with E-state index in [-0.39, 0.29) is 0 Å². The van der Waals surface area contributed by atoms with Crippen LogP contribution in [0.1, 0.15) is 32.8 Å². The maximum atomic E-state index is 5.64. The monoisotopic (exact) mass is 271 g/mol. The van der Waals surface area contributed by atoms with Crippen molar-refractivity contribution >= 4 is 15.9 Å². The molecule has 0 spiro atoms. The maximum Gasteiger partial charge on any atom is 0.216 e. The first-order valence-corrected chi connectivity index (χ1v) is 5.93. The SMILES string of the molecule is Cc1cc(Br)cnc1OCCC(C)(C)C. The molecule has 1 aromatic heterocycles. The molecule has 0 unspecified atom stereocenters. The summed E-state index contributed by atoms with van der Waals surface area (Å²) in [6.07, 6.45) is 2.80. The van der Waals surface area contributed by atoms with Crippen LogP contribution in [0.15, 0.2) is 16.7 Å². The molecule has 0 N–H and O–H groups in total. The van der Waals surface area contributed by atoms with E-state index in [1.807, 2.05) is 13.0 Å². The van der Waals surface area contributed by atoms with Gasteiger partial charge in [0.15, 0.2) is 0 Å². The lowest BCUT2D eigenvalue weighted by atomic mass is 9.93. The highest BCUT2D eigenvalue weighted by atomic mass is 79.9. The van der Waals surface area contributed by atoms with Crippen LogP contribution in [0.3, 0.4) is 0 Å². The first-order chi connectivity index (χ1) is 6.88. The third-order valence-corrected chi connectivity index (χ3v) is 2.52. The van der Waals surface area contributed by atoms with Gasteiger partial charge in [0.1, 0.15) is 0 Å². The van der Waals surface area contributed by atoms with E-state index in [9.17, 15) is 0 Å². The van der Waals surface area contributed by atoms with Crippen molar-refractivity contribution in [1.29, 1.82) is 0 Å². The van der Waals surface area contributed by atoms with Crippen LogP contribution in [-0.4, -0.2) is 11.6 Å². The maximum absolute atomic E-state index is 5.64. The summed E-state index contributed by atoms with van der Waals surface area (Å²) >= 11 is 3.38. The molecule has 0 aliphatic rings. The predicted molar refractivity (Wildman–Crippen MR) is 66.2 cm³/mol. The van der Waals surface area contributed by atoms with Crippen LogP contribution in [0.4, 0.5) is 0 Å². The minimum atomic E-state index is 0.309. The van der Waals surface area contributed by atoms with Crippen LogP contribution in [0.25, 0.3) is 0 Å². The highest BCUT2D eigenvalue weighted by Crippen LogP contribution is 2.21. The molecule has 0 amide bonds. The molecule has 84 valence electrons. The third-order valence-electron chi connectivity index (χ3n) is 2.09. The first-order valence-electron chi connectivity index (χ1n) is 5.13. The summed E-state index contributed by atoms with van der Waals surface area (Å²) in [5.41, 5.74) is 1.38. The fourth-order valence-electron chi connectivity index (χ4n) is 1.13. The zero-order valence-corrected chi connectivity index (χ0v) is 11.4. The Balaban J connectivity index is 2.51. The zero-order chi connectivity index (χ0) is 11.5. The fraction of sp³-hybridized carbons (Fsp3) is 0.583. The molecule has 1 rings (SSSR count). The standard InChI is InChI=1S/C12H18BrNO/c1-9-7-10(13)8-14-11(9)15-6-5-12(2,3)4/h7-8H,5-6H2,1-4H3. The lowest BCUT2D eigenvalue weighted by Gasteiger charge is -2.18. The van der Waals surface area contributed by atoms with Crippen LogP contribution in [0.2, 0.25) is 0 Å². The number of rotatable bonds is 3. The van der Waals surface area contributed by atoms with Crippen LogP contribution < -0.4 is 4.74 Å². The fourth-order valence-corrected chi connectivity index (χ4v) is 1.58. The molecule has 0 fully saturated rings. The second kappa shape index (κ2) is 4.97. The number of aryl methyl sites for hydroxylation is 1. The number of halogens is 1. The predicted octanol–water partition coefficient (Wildman–Crippen LogP) is 3.97. The summed E-state index contributed by atoms with van der Waals surface area (Å²) in [5.74, 6) is 0.738. The summed E-state index contributed by atoms with van der Waals surface area (Å²) < 4.78 is 6.62. The topological polar surface area (TPSA) is 22.1 Å². The molecule has 15 heavy (non-hydrogen) atoms. The van der Waals surface area contributed by atoms with E-state index in [4.69, 9.17) is 4.74 Å². The largest absolute Gasteiger partial charge is 0.477 e. The summed E-state index contributed by atoms with van der Waals surface area (Å²) in [5, 5.41) is 0. The third kappa shape index (κ3) is 4.65. The van der Waals surface area contributed by atoms with E-state index in [2.05, 4.69) is 41.7 Å². The first kappa shape index (κ1) is 12.5. The van der Waals surface area contributed by atoms with Crippen molar-refractivity contribution in [2.75, 3.05) is 6.61 Å². The molecular formula is C12H18BrNO. The molecule has 1 heterocycles. The Bertz CT molecular complexity index is 331. The second-order valence-corrected chi connectivity index (χ2v) is 5.85. The molecule has 0 aliphatic carbocycles. The van der Waals surface area contributed by atoms with E-state index in [0.717, 1.165) is 28.9 Å². The van der Waals surface area contributed by atoms with Crippen LogP contribution in [0.5, 0.6) is 5.88 Å². The van der Waals surface area contributed by atoms with Gasteiger partial charge in [-0.25, -0.2) is 4.98 Å². The van der Waals surface area contributed by atoms with Gasteiger partial charge in [-0.1, -0.05) is 20.8 Å². The molecule has 2 nitrogen and oxygen atoms in total. The number of ether oxygens (including phenoxy) is 1. The molecule has 0 atom stereocenters. The zero-order valence-electron chi connectivity index (χ0n) is 9.80. The molecule has 0 saturated carbocycles. The van der Waals surface area contributed by atoms with Crippen LogP contribution in [-0.2, 0) is 0 Å².